The van der Waals surface area contributed by atoms with Crippen molar-refractivity contribution in [2.45, 2.75) is 26.8 Å². The van der Waals surface area contributed by atoms with Crippen LogP contribution in [0.5, 0.6) is 0 Å². The number of carbonyl (C=O) groups excluding carboxylic acids is 1. The highest BCUT2D eigenvalue weighted by Crippen LogP contribution is 2.36. The van der Waals surface area contributed by atoms with Crippen molar-refractivity contribution < 1.29 is 4.79 Å². The zero-order chi connectivity index (χ0) is 23.7. The van der Waals surface area contributed by atoms with Crippen LogP contribution in [0.2, 0.25) is 0 Å². The average Bonchev–Trinajstić information content (AvgIpc) is 3.31. The second-order valence-electron chi connectivity index (χ2n) is 8.70. The first-order valence-corrected chi connectivity index (χ1v) is 11.3. The summed E-state index contributed by atoms with van der Waals surface area (Å²) in [6.07, 6.45) is 2.12. The molecule has 0 bridgehead atoms. The van der Waals surface area contributed by atoms with Gasteiger partial charge in [0.15, 0.2) is 0 Å². The molecule has 1 amide bonds. The highest BCUT2D eigenvalue weighted by atomic mass is 16.2. The molecule has 3 aromatic carbocycles. The fourth-order valence-corrected chi connectivity index (χ4v) is 4.16. The number of benzene rings is 3. The standard InChI is InChI=1S/C27H26N6O/c1-18-7-11-21(12-8-18)24-16-25(22-13-9-19(2)10-14-22)33-27(29-30-31-33)32(24)17-26(34)28-23-6-4-5-20(3)15-23/h4-16,25H,17H2,1-3H3,(H,28,34). The van der Waals surface area contributed by atoms with Crippen molar-refractivity contribution in [3.8, 4) is 0 Å². The molecule has 0 radical (unpaired) electrons. The summed E-state index contributed by atoms with van der Waals surface area (Å²) in [4.78, 5) is 15.0. The van der Waals surface area contributed by atoms with Gasteiger partial charge in [0.05, 0.1) is 5.70 Å². The largest absolute Gasteiger partial charge is 0.325 e. The molecule has 1 N–H and O–H groups in total. The first-order valence-electron chi connectivity index (χ1n) is 11.3. The topological polar surface area (TPSA) is 75.9 Å². The number of hydrogen-bond acceptors (Lipinski definition) is 5. The van der Waals surface area contributed by atoms with Gasteiger partial charge in [-0.1, -0.05) is 76.9 Å². The Labute approximate surface area is 198 Å². The minimum Gasteiger partial charge on any atom is -0.325 e. The van der Waals surface area contributed by atoms with Gasteiger partial charge in [-0.2, -0.15) is 4.68 Å². The van der Waals surface area contributed by atoms with Crippen LogP contribution in [-0.4, -0.2) is 32.7 Å². The van der Waals surface area contributed by atoms with Crippen LogP contribution in [0.1, 0.15) is 33.9 Å². The summed E-state index contributed by atoms with van der Waals surface area (Å²) in [6, 6.07) is 24.2. The molecular formula is C27H26N6O. The molecule has 4 aromatic rings. The summed E-state index contributed by atoms with van der Waals surface area (Å²) in [6.45, 7) is 6.20. The molecule has 1 aliphatic rings. The van der Waals surface area contributed by atoms with E-state index in [4.69, 9.17) is 0 Å². The number of nitrogens with zero attached hydrogens (tertiary/aromatic N) is 5. The van der Waals surface area contributed by atoms with Gasteiger partial charge in [0.25, 0.3) is 5.95 Å². The molecule has 7 nitrogen and oxygen atoms in total. The fourth-order valence-electron chi connectivity index (χ4n) is 4.16. The van der Waals surface area contributed by atoms with Gasteiger partial charge in [-0.25, -0.2) is 0 Å². The van der Waals surface area contributed by atoms with E-state index in [2.05, 4.69) is 89.3 Å². The smallest absolute Gasteiger partial charge is 0.251 e. The van der Waals surface area contributed by atoms with Crippen molar-refractivity contribution in [2.75, 3.05) is 16.8 Å². The van der Waals surface area contributed by atoms with E-state index < -0.39 is 0 Å². The van der Waals surface area contributed by atoms with Crippen LogP contribution in [0.25, 0.3) is 5.70 Å². The van der Waals surface area contributed by atoms with Crippen LogP contribution >= 0.6 is 0 Å². The maximum atomic E-state index is 13.1. The SMILES string of the molecule is Cc1ccc(C2=CC(c3ccc(C)cc3)n3nnnc3N2CC(=O)Nc2cccc(C)c2)cc1. The fraction of sp³-hybridized carbons (Fsp3) is 0.185. The average molecular weight is 451 g/mol. The minimum absolute atomic E-state index is 0.0780. The van der Waals surface area contributed by atoms with Gasteiger partial charge in [-0.3, -0.25) is 9.69 Å². The lowest BCUT2D eigenvalue weighted by Crippen LogP contribution is -2.37. The lowest BCUT2D eigenvalue weighted by Gasteiger charge is -2.32. The number of carbonyl (C=O) groups is 1. The highest BCUT2D eigenvalue weighted by Gasteiger charge is 2.32. The van der Waals surface area contributed by atoms with E-state index in [-0.39, 0.29) is 18.5 Å². The Hall–Kier alpha value is -4.26. The normalized spacial score (nSPS) is 15.0. The number of anilines is 2. The summed E-state index contributed by atoms with van der Waals surface area (Å²) < 4.78 is 1.77. The van der Waals surface area contributed by atoms with Crippen molar-refractivity contribution in [1.29, 1.82) is 0 Å². The van der Waals surface area contributed by atoms with Crippen LogP contribution in [0, 0.1) is 20.8 Å². The molecule has 2 heterocycles. The quantitative estimate of drug-likeness (QED) is 0.478. The molecular weight excluding hydrogens is 424 g/mol. The number of nitrogens with one attached hydrogen (secondary N) is 1. The molecule has 0 fully saturated rings. The molecule has 34 heavy (non-hydrogen) atoms. The van der Waals surface area contributed by atoms with E-state index >= 15 is 0 Å². The van der Waals surface area contributed by atoms with E-state index in [1.165, 1.54) is 11.1 Å². The number of tetrazole rings is 1. The molecule has 170 valence electrons. The van der Waals surface area contributed by atoms with Crippen LogP contribution in [0.15, 0.2) is 78.9 Å². The summed E-state index contributed by atoms with van der Waals surface area (Å²) in [5.41, 5.74) is 7.18. The second-order valence-corrected chi connectivity index (χ2v) is 8.70. The molecule has 1 atom stereocenters. The van der Waals surface area contributed by atoms with Crippen LogP contribution < -0.4 is 10.2 Å². The third-order valence-electron chi connectivity index (χ3n) is 5.96. The molecule has 0 saturated carbocycles. The number of allylic oxidation sites excluding steroid dienone is 1. The third-order valence-corrected chi connectivity index (χ3v) is 5.96. The van der Waals surface area contributed by atoms with E-state index in [0.717, 1.165) is 28.1 Å². The van der Waals surface area contributed by atoms with Crippen LogP contribution in [0.3, 0.4) is 0 Å². The Morgan fingerprint density at radius 3 is 2.32 bits per heavy atom. The Morgan fingerprint density at radius 2 is 1.62 bits per heavy atom. The molecule has 7 heteroatoms. The van der Waals surface area contributed by atoms with E-state index in [1.54, 1.807) is 4.68 Å². The third kappa shape index (κ3) is 4.32. The van der Waals surface area contributed by atoms with Crippen molar-refractivity contribution in [2.24, 2.45) is 0 Å². The number of amides is 1. The molecule has 0 spiro atoms. The summed E-state index contributed by atoms with van der Waals surface area (Å²) in [5, 5.41) is 15.5. The number of fused-ring (bicyclic) bond motifs is 1. The van der Waals surface area contributed by atoms with Crippen molar-refractivity contribution in [3.63, 3.8) is 0 Å². The number of rotatable bonds is 5. The molecule has 1 aromatic heterocycles. The van der Waals surface area contributed by atoms with E-state index in [9.17, 15) is 4.79 Å². The number of aromatic nitrogens is 4. The Balaban J connectivity index is 1.54. The minimum atomic E-state index is -0.182. The van der Waals surface area contributed by atoms with Crippen molar-refractivity contribution in [1.82, 2.24) is 20.2 Å². The number of hydrogen-bond donors (Lipinski definition) is 1. The van der Waals surface area contributed by atoms with Gasteiger partial charge >= 0.3 is 0 Å². The second kappa shape index (κ2) is 8.94. The summed E-state index contributed by atoms with van der Waals surface area (Å²) in [5.74, 6) is 0.384. The van der Waals surface area contributed by atoms with Gasteiger partial charge in [0, 0.05) is 5.69 Å². The monoisotopic (exact) mass is 450 g/mol. The lowest BCUT2D eigenvalue weighted by atomic mass is 9.99. The van der Waals surface area contributed by atoms with Crippen molar-refractivity contribution >= 4 is 23.2 Å². The molecule has 0 saturated heterocycles. The van der Waals surface area contributed by atoms with Gasteiger partial charge in [-0.15, -0.1) is 0 Å². The van der Waals surface area contributed by atoms with Gasteiger partial charge < -0.3 is 5.32 Å². The van der Waals surface area contributed by atoms with Crippen LogP contribution in [-0.2, 0) is 4.79 Å². The van der Waals surface area contributed by atoms with Crippen molar-refractivity contribution in [3.05, 3.63) is 107 Å². The van der Waals surface area contributed by atoms with E-state index in [0.29, 0.717) is 5.95 Å². The Morgan fingerprint density at radius 1 is 0.912 bits per heavy atom. The Bertz CT molecular complexity index is 1350. The maximum absolute atomic E-state index is 13.1. The predicted octanol–water partition coefficient (Wildman–Crippen LogP) is 4.69. The zero-order valence-electron chi connectivity index (χ0n) is 19.4. The summed E-state index contributed by atoms with van der Waals surface area (Å²) >= 11 is 0. The molecule has 1 aliphatic heterocycles. The first-order chi connectivity index (χ1) is 16.5. The predicted molar refractivity (Wildman–Crippen MR) is 133 cm³/mol. The maximum Gasteiger partial charge on any atom is 0.251 e. The van der Waals surface area contributed by atoms with Gasteiger partial charge in [-0.05, 0) is 66.1 Å². The highest BCUT2D eigenvalue weighted by molar-refractivity contribution is 5.97. The van der Waals surface area contributed by atoms with Gasteiger partial charge in [0.1, 0.15) is 12.6 Å². The summed E-state index contributed by atoms with van der Waals surface area (Å²) in [7, 11) is 0. The zero-order valence-corrected chi connectivity index (χ0v) is 19.4. The Kier molecular flexibility index (Phi) is 5.67. The van der Waals surface area contributed by atoms with Gasteiger partial charge in [0.2, 0.25) is 5.91 Å². The lowest BCUT2D eigenvalue weighted by molar-refractivity contribution is -0.114. The first kappa shape index (κ1) is 21.6. The molecule has 0 aliphatic carbocycles. The van der Waals surface area contributed by atoms with E-state index in [1.807, 2.05) is 36.1 Å². The number of aryl methyl sites for hydroxylation is 3. The molecule has 5 rings (SSSR count). The molecule has 1 unspecified atom stereocenters. The van der Waals surface area contributed by atoms with Crippen LogP contribution in [0.4, 0.5) is 11.6 Å².